The predicted molar refractivity (Wildman–Crippen MR) is 115 cm³/mol. The van der Waals surface area contributed by atoms with Gasteiger partial charge < -0.3 is 14.8 Å². The van der Waals surface area contributed by atoms with E-state index in [1.54, 1.807) is 7.11 Å². The second-order valence-electron chi connectivity index (χ2n) is 7.38. The van der Waals surface area contributed by atoms with Crippen molar-refractivity contribution in [2.24, 2.45) is 0 Å². The van der Waals surface area contributed by atoms with Gasteiger partial charge in [0.05, 0.1) is 12.1 Å². The van der Waals surface area contributed by atoms with E-state index in [-0.39, 0.29) is 0 Å². The molecule has 1 heterocycles. The van der Waals surface area contributed by atoms with Gasteiger partial charge in [0.15, 0.2) is 11.5 Å². The minimum absolute atomic E-state index is 0.467. The first-order chi connectivity index (χ1) is 13.6. The van der Waals surface area contributed by atoms with E-state index in [0.29, 0.717) is 29.2 Å². The number of hydrogen-bond donors (Lipinski definition) is 1. The fraction of sp³-hybridized carbons (Fsp3) is 0.478. The van der Waals surface area contributed by atoms with Crippen LogP contribution in [0.15, 0.2) is 36.4 Å². The third-order valence-corrected chi connectivity index (χ3v) is 5.82. The molecule has 3 rings (SSSR count). The van der Waals surface area contributed by atoms with E-state index < -0.39 is 0 Å². The summed E-state index contributed by atoms with van der Waals surface area (Å²) >= 11 is 6.53. The Labute approximate surface area is 173 Å². The summed E-state index contributed by atoms with van der Waals surface area (Å²) in [5.41, 5.74) is 3.45. The normalized spacial score (nSPS) is 17.1. The van der Waals surface area contributed by atoms with Gasteiger partial charge in [-0.2, -0.15) is 0 Å². The van der Waals surface area contributed by atoms with Crippen LogP contribution < -0.4 is 14.8 Å². The zero-order chi connectivity index (χ0) is 19.9. The number of ether oxygens (including phenoxy) is 2. The number of hydrogen-bond acceptors (Lipinski definition) is 4. The Morgan fingerprint density at radius 2 is 2.07 bits per heavy atom. The van der Waals surface area contributed by atoms with Gasteiger partial charge in [0.1, 0.15) is 6.61 Å². The number of nitrogens with one attached hydrogen (secondary N) is 1. The van der Waals surface area contributed by atoms with Crippen molar-refractivity contribution in [1.82, 2.24) is 10.2 Å². The van der Waals surface area contributed by atoms with Crippen LogP contribution in [0.4, 0.5) is 0 Å². The van der Waals surface area contributed by atoms with E-state index in [0.717, 1.165) is 30.8 Å². The number of likely N-dealkylation sites (N-methyl/N-ethyl adjacent to an activating group) is 1. The number of methoxy groups -OCH3 is 1. The summed E-state index contributed by atoms with van der Waals surface area (Å²) < 4.78 is 11.6. The van der Waals surface area contributed by atoms with Crippen molar-refractivity contribution in [2.45, 2.75) is 45.9 Å². The van der Waals surface area contributed by atoms with Crippen LogP contribution in [0.2, 0.25) is 5.02 Å². The summed E-state index contributed by atoms with van der Waals surface area (Å²) in [5.74, 6) is 1.28. The van der Waals surface area contributed by atoms with Crippen LogP contribution in [0.3, 0.4) is 0 Å². The Bertz CT molecular complexity index is 781. The van der Waals surface area contributed by atoms with Crippen molar-refractivity contribution in [1.29, 1.82) is 0 Å². The van der Waals surface area contributed by atoms with Crippen LogP contribution in [0.5, 0.6) is 11.5 Å². The van der Waals surface area contributed by atoms with Gasteiger partial charge in [0, 0.05) is 19.1 Å². The van der Waals surface area contributed by atoms with Crippen LogP contribution >= 0.6 is 11.6 Å². The van der Waals surface area contributed by atoms with Gasteiger partial charge in [-0.15, -0.1) is 0 Å². The van der Waals surface area contributed by atoms with E-state index >= 15 is 0 Å². The number of rotatable bonds is 9. The molecule has 0 bridgehead atoms. The van der Waals surface area contributed by atoms with Crippen molar-refractivity contribution >= 4 is 11.6 Å². The molecule has 1 fully saturated rings. The van der Waals surface area contributed by atoms with Crippen molar-refractivity contribution in [2.75, 3.05) is 26.7 Å². The summed E-state index contributed by atoms with van der Waals surface area (Å²) in [6.45, 7) is 8.89. The number of aryl methyl sites for hydroxylation is 1. The largest absolute Gasteiger partial charge is 0.493 e. The topological polar surface area (TPSA) is 33.7 Å². The summed E-state index contributed by atoms with van der Waals surface area (Å²) in [6.07, 6.45) is 2.57. The molecule has 1 saturated heterocycles. The van der Waals surface area contributed by atoms with Crippen LogP contribution in [-0.2, 0) is 13.2 Å². The van der Waals surface area contributed by atoms with Crippen molar-refractivity contribution in [3.63, 3.8) is 0 Å². The highest BCUT2D eigenvalue weighted by molar-refractivity contribution is 6.32. The quantitative estimate of drug-likeness (QED) is 0.652. The monoisotopic (exact) mass is 402 g/mol. The van der Waals surface area contributed by atoms with Gasteiger partial charge in [0.2, 0.25) is 0 Å². The first-order valence-electron chi connectivity index (χ1n) is 10.1. The first-order valence-corrected chi connectivity index (χ1v) is 10.5. The average molecular weight is 403 g/mol. The minimum Gasteiger partial charge on any atom is -0.493 e. The molecule has 1 aliphatic heterocycles. The first kappa shape index (κ1) is 21.0. The van der Waals surface area contributed by atoms with Gasteiger partial charge in [-0.05, 0) is 61.7 Å². The highest BCUT2D eigenvalue weighted by atomic mass is 35.5. The van der Waals surface area contributed by atoms with Gasteiger partial charge >= 0.3 is 0 Å². The summed E-state index contributed by atoms with van der Waals surface area (Å²) in [6, 6.07) is 12.8. The Morgan fingerprint density at radius 3 is 2.82 bits per heavy atom. The molecule has 1 atom stereocenters. The lowest BCUT2D eigenvalue weighted by molar-refractivity contribution is 0.260. The smallest absolute Gasteiger partial charge is 0.180 e. The Kier molecular flexibility index (Phi) is 7.60. The maximum Gasteiger partial charge on any atom is 0.180 e. The number of nitrogens with zero attached hydrogens (tertiary/aromatic N) is 1. The molecule has 0 saturated carbocycles. The fourth-order valence-corrected chi connectivity index (χ4v) is 4.15. The van der Waals surface area contributed by atoms with Crippen LogP contribution in [0, 0.1) is 6.92 Å². The molecule has 0 amide bonds. The molecular weight excluding hydrogens is 372 g/mol. The fourth-order valence-electron chi connectivity index (χ4n) is 3.86. The average Bonchev–Trinajstić information content (AvgIpc) is 3.15. The lowest BCUT2D eigenvalue weighted by atomic mass is 10.1. The molecule has 1 N–H and O–H groups in total. The molecule has 2 aromatic carbocycles. The lowest BCUT2D eigenvalue weighted by Crippen LogP contribution is -2.37. The number of halogens is 1. The Morgan fingerprint density at radius 1 is 1.25 bits per heavy atom. The zero-order valence-corrected chi connectivity index (χ0v) is 17.9. The maximum atomic E-state index is 6.53. The molecule has 5 heteroatoms. The van der Waals surface area contributed by atoms with Gasteiger partial charge in [-0.25, -0.2) is 0 Å². The second kappa shape index (κ2) is 10.1. The van der Waals surface area contributed by atoms with Gasteiger partial charge in [-0.3, -0.25) is 4.90 Å². The van der Waals surface area contributed by atoms with Crippen LogP contribution in [-0.4, -0.2) is 37.7 Å². The third-order valence-electron chi connectivity index (χ3n) is 5.54. The van der Waals surface area contributed by atoms with Crippen molar-refractivity contribution < 1.29 is 9.47 Å². The summed E-state index contributed by atoms with van der Waals surface area (Å²) in [5, 5.41) is 4.16. The SMILES string of the molecule is CCN1CCC[C@H]1CNCc1cc(Cl)c(OCc2ccccc2C)c(OC)c1. The molecule has 0 spiro atoms. The summed E-state index contributed by atoms with van der Waals surface area (Å²) in [7, 11) is 1.65. The molecule has 0 unspecified atom stereocenters. The van der Waals surface area contributed by atoms with E-state index in [2.05, 4.69) is 36.2 Å². The van der Waals surface area contributed by atoms with E-state index in [1.807, 2.05) is 24.3 Å². The zero-order valence-electron chi connectivity index (χ0n) is 17.1. The van der Waals surface area contributed by atoms with E-state index in [1.165, 1.54) is 24.9 Å². The molecule has 2 aromatic rings. The Balaban J connectivity index is 1.61. The Hall–Kier alpha value is -1.75. The molecule has 1 aliphatic rings. The highest BCUT2D eigenvalue weighted by Gasteiger charge is 2.22. The van der Waals surface area contributed by atoms with E-state index in [4.69, 9.17) is 21.1 Å². The van der Waals surface area contributed by atoms with E-state index in [9.17, 15) is 0 Å². The predicted octanol–water partition coefficient (Wildman–Crippen LogP) is 4.81. The third kappa shape index (κ3) is 5.19. The van der Waals surface area contributed by atoms with Crippen LogP contribution in [0.1, 0.15) is 36.5 Å². The van der Waals surface area contributed by atoms with Crippen molar-refractivity contribution in [3.8, 4) is 11.5 Å². The van der Waals surface area contributed by atoms with Gasteiger partial charge in [-0.1, -0.05) is 42.8 Å². The number of likely N-dealkylation sites (tertiary alicyclic amines) is 1. The lowest BCUT2D eigenvalue weighted by Gasteiger charge is -2.23. The van der Waals surface area contributed by atoms with Crippen molar-refractivity contribution in [3.05, 3.63) is 58.1 Å². The second-order valence-corrected chi connectivity index (χ2v) is 7.79. The minimum atomic E-state index is 0.467. The van der Waals surface area contributed by atoms with Gasteiger partial charge in [0.25, 0.3) is 0 Å². The molecule has 4 nitrogen and oxygen atoms in total. The molecule has 0 aliphatic carbocycles. The van der Waals surface area contributed by atoms with Crippen LogP contribution in [0.25, 0.3) is 0 Å². The molecular formula is C23H31ClN2O2. The highest BCUT2D eigenvalue weighted by Crippen LogP contribution is 2.37. The number of benzene rings is 2. The maximum absolute atomic E-state index is 6.53. The standard InChI is InChI=1S/C23H31ClN2O2/c1-4-26-11-7-10-20(26)15-25-14-18-12-21(24)23(22(13-18)27-3)28-16-19-9-6-5-8-17(19)2/h5-6,8-9,12-13,20,25H,4,7,10-11,14-16H2,1-3H3/t20-/m0/s1. The molecule has 28 heavy (non-hydrogen) atoms. The molecule has 0 radical (unpaired) electrons. The summed E-state index contributed by atoms with van der Waals surface area (Å²) in [4.78, 5) is 2.54. The molecule has 0 aromatic heterocycles. The molecule has 152 valence electrons.